The number of hydrogen-bond donors (Lipinski definition) is 2. The lowest BCUT2D eigenvalue weighted by molar-refractivity contribution is -0.0453. The van der Waals surface area contributed by atoms with Gasteiger partial charge in [0.2, 0.25) is 0 Å². The molecule has 2 N–H and O–H groups in total. The van der Waals surface area contributed by atoms with E-state index in [2.05, 4.69) is 20.5 Å². The number of nitrogens with one attached hydrogen (secondary N) is 2. The molecule has 144 valence electrons. The van der Waals surface area contributed by atoms with Gasteiger partial charge in [-0.2, -0.15) is 0 Å². The summed E-state index contributed by atoms with van der Waals surface area (Å²) in [6.45, 7) is 6.11. The summed E-state index contributed by atoms with van der Waals surface area (Å²) >= 11 is 0. The third-order valence-corrected chi connectivity index (χ3v) is 4.90. The molecule has 3 atom stereocenters. The quantitative estimate of drug-likeness (QED) is 0.593. The third kappa shape index (κ3) is 5.08. The maximum atomic E-state index is 13.6. The zero-order valence-electron chi connectivity index (χ0n) is 15.6. The second-order valence-corrected chi connectivity index (χ2v) is 6.94. The van der Waals surface area contributed by atoms with E-state index in [9.17, 15) is 4.39 Å². The molecule has 2 aliphatic heterocycles. The zero-order chi connectivity index (χ0) is 18.4. The summed E-state index contributed by atoms with van der Waals surface area (Å²) in [6, 6.07) is 7.04. The van der Waals surface area contributed by atoms with Gasteiger partial charge in [0.1, 0.15) is 6.10 Å². The minimum atomic E-state index is -0.350. The second kappa shape index (κ2) is 9.19. The largest absolute Gasteiger partial charge is 0.486 e. The summed E-state index contributed by atoms with van der Waals surface area (Å²) in [6.07, 6.45) is 2.51. The van der Waals surface area contributed by atoms with Crippen molar-refractivity contribution < 1.29 is 13.9 Å². The molecule has 6 nitrogen and oxygen atoms in total. The van der Waals surface area contributed by atoms with E-state index in [0.29, 0.717) is 25.1 Å². The highest BCUT2D eigenvalue weighted by atomic mass is 19.1. The van der Waals surface area contributed by atoms with E-state index in [0.717, 1.165) is 13.2 Å². The van der Waals surface area contributed by atoms with Gasteiger partial charge in [-0.1, -0.05) is 12.1 Å². The predicted molar refractivity (Wildman–Crippen MR) is 100 cm³/mol. The first kappa shape index (κ1) is 18.9. The smallest absolute Gasteiger partial charge is 0.191 e. The van der Waals surface area contributed by atoms with Crippen LogP contribution < -0.4 is 15.4 Å². The van der Waals surface area contributed by atoms with E-state index in [1.807, 2.05) is 6.92 Å². The number of para-hydroxylation sites is 1. The molecule has 1 aromatic carbocycles. The highest BCUT2D eigenvalue weighted by molar-refractivity contribution is 5.79. The summed E-state index contributed by atoms with van der Waals surface area (Å²) in [4.78, 5) is 6.76. The van der Waals surface area contributed by atoms with Crippen molar-refractivity contribution in [2.24, 2.45) is 4.99 Å². The van der Waals surface area contributed by atoms with E-state index in [-0.39, 0.29) is 23.8 Å². The van der Waals surface area contributed by atoms with Gasteiger partial charge in [0.15, 0.2) is 17.5 Å². The number of ether oxygens (including phenoxy) is 2. The highest BCUT2D eigenvalue weighted by Crippen LogP contribution is 2.22. The standard InChI is InChI=1S/C19H29FN4O2/c1-14(26-18-8-4-3-7-17(18)20)10-22-19(21-2)23-11-16-12-24-9-5-6-15(24)13-25-16/h3-4,7-8,14-16H,5-6,9-13H2,1-2H3,(H2,21,22,23). The fourth-order valence-electron chi connectivity index (χ4n) is 3.48. The Morgan fingerprint density at radius 3 is 3.08 bits per heavy atom. The number of fused-ring (bicyclic) bond motifs is 1. The van der Waals surface area contributed by atoms with Crippen LogP contribution in [0.25, 0.3) is 0 Å². The zero-order valence-corrected chi connectivity index (χ0v) is 15.6. The average Bonchev–Trinajstić information content (AvgIpc) is 3.11. The minimum absolute atomic E-state index is 0.176. The molecule has 26 heavy (non-hydrogen) atoms. The lowest BCUT2D eigenvalue weighted by Crippen LogP contribution is -2.52. The van der Waals surface area contributed by atoms with Crippen LogP contribution in [0.15, 0.2) is 29.3 Å². The van der Waals surface area contributed by atoms with Crippen molar-refractivity contribution in [3.8, 4) is 5.75 Å². The first-order valence-electron chi connectivity index (χ1n) is 9.37. The topological polar surface area (TPSA) is 58.1 Å². The predicted octanol–water partition coefficient (Wildman–Crippen LogP) is 1.62. The van der Waals surface area contributed by atoms with Gasteiger partial charge in [-0.25, -0.2) is 4.39 Å². The number of benzene rings is 1. The van der Waals surface area contributed by atoms with Crippen LogP contribution in [0.3, 0.4) is 0 Å². The van der Waals surface area contributed by atoms with Crippen LogP contribution in [0.4, 0.5) is 4.39 Å². The molecule has 2 fully saturated rings. The number of rotatable bonds is 6. The Labute approximate surface area is 154 Å². The maximum absolute atomic E-state index is 13.6. The molecule has 2 heterocycles. The normalized spacial score (nSPS) is 24.8. The molecule has 2 saturated heterocycles. The second-order valence-electron chi connectivity index (χ2n) is 6.94. The number of guanidine groups is 1. The molecular formula is C19H29FN4O2. The van der Waals surface area contributed by atoms with Crippen LogP contribution in [0, 0.1) is 5.82 Å². The fraction of sp³-hybridized carbons (Fsp3) is 0.632. The van der Waals surface area contributed by atoms with Gasteiger partial charge in [-0.05, 0) is 38.4 Å². The van der Waals surface area contributed by atoms with E-state index < -0.39 is 0 Å². The number of hydrogen-bond acceptors (Lipinski definition) is 4. The number of aliphatic imine (C=N–C) groups is 1. The number of nitrogens with zero attached hydrogens (tertiary/aromatic N) is 2. The summed E-state index contributed by atoms with van der Waals surface area (Å²) in [5.41, 5.74) is 0. The lowest BCUT2D eigenvalue weighted by Gasteiger charge is -2.35. The molecule has 2 aliphatic rings. The molecular weight excluding hydrogens is 335 g/mol. The summed E-state index contributed by atoms with van der Waals surface area (Å²) in [5, 5.41) is 6.52. The van der Waals surface area contributed by atoms with Crippen LogP contribution in [-0.2, 0) is 4.74 Å². The van der Waals surface area contributed by atoms with Crippen molar-refractivity contribution in [2.45, 2.75) is 38.0 Å². The third-order valence-electron chi connectivity index (χ3n) is 4.90. The molecule has 0 radical (unpaired) electrons. The highest BCUT2D eigenvalue weighted by Gasteiger charge is 2.32. The Morgan fingerprint density at radius 1 is 1.42 bits per heavy atom. The first-order valence-corrected chi connectivity index (χ1v) is 9.37. The molecule has 0 saturated carbocycles. The van der Waals surface area contributed by atoms with E-state index in [4.69, 9.17) is 9.47 Å². The van der Waals surface area contributed by atoms with Gasteiger partial charge in [-0.15, -0.1) is 0 Å². The van der Waals surface area contributed by atoms with Crippen LogP contribution in [0.1, 0.15) is 19.8 Å². The van der Waals surface area contributed by atoms with Crippen molar-refractivity contribution in [1.82, 2.24) is 15.5 Å². The molecule has 0 spiro atoms. The van der Waals surface area contributed by atoms with Crippen LogP contribution in [-0.4, -0.2) is 68.9 Å². The van der Waals surface area contributed by atoms with Crippen LogP contribution in [0.5, 0.6) is 5.75 Å². The first-order chi connectivity index (χ1) is 12.7. The Kier molecular flexibility index (Phi) is 6.68. The Balaban J connectivity index is 1.38. The fourth-order valence-corrected chi connectivity index (χ4v) is 3.48. The van der Waals surface area contributed by atoms with Crippen molar-refractivity contribution in [3.63, 3.8) is 0 Å². The van der Waals surface area contributed by atoms with Gasteiger partial charge >= 0.3 is 0 Å². The molecule has 3 unspecified atom stereocenters. The average molecular weight is 364 g/mol. The monoisotopic (exact) mass is 364 g/mol. The molecule has 0 aromatic heterocycles. The van der Waals surface area contributed by atoms with Gasteiger partial charge in [0.05, 0.1) is 19.3 Å². The lowest BCUT2D eigenvalue weighted by atomic mass is 10.2. The molecule has 3 rings (SSSR count). The summed E-state index contributed by atoms with van der Waals surface area (Å²) in [7, 11) is 1.73. The Morgan fingerprint density at radius 2 is 2.27 bits per heavy atom. The summed E-state index contributed by atoms with van der Waals surface area (Å²) in [5.74, 6) is 0.609. The van der Waals surface area contributed by atoms with Gasteiger partial charge in [0, 0.05) is 26.2 Å². The van der Waals surface area contributed by atoms with Crippen LogP contribution >= 0.6 is 0 Å². The van der Waals surface area contributed by atoms with E-state index in [1.165, 1.54) is 25.5 Å². The molecule has 0 amide bonds. The van der Waals surface area contributed by atoms with Crippen molar-refractivity contribution in [2.75, 3.05) is 39.8 Å². The SMILES string of the molecule is CN=C(NCC(C)Oc1ccccc1F)NCC1CN2CCCC2CO1. The van der Waals surface area contributed by atoms with Crippen molar-refractivity contribution in [3.05, 3.63) is 30.1 Å². The molecule has 0 bridgehead atoms. The number of halogens is 1. The minimum Gasteiger partial charge on any atom is -0.486 e. The van der Waals surface area contributed by atoms with Crippen molar-refractivity contribution in [1.29, 1.82) is 0 Å². The molecule has 7 heteroatoms. The molecule has 1 aromatic rings. The van der Waals surface area contributed by atoms with E-state index >= 15 is 0 Å². The van der Waals surface area contributed by atoms with Gasteiger partial charge < -0.3 is 20.1 Å². The van der Waals surface area contributed by atoms with Gasteiger partial charge in [-0.3, -0.25) is 9.89 Å². The number of morpholine rings is 1. The Bertz CT molecular complexity index is 613. The summed E-state index contributed by atoms with van der Waals surface area (Å²) < 4.78 is 25.2. The van der Waals surface area contributed by atoms with Crippen molar-refractivity contribution >= 4 is 5.96 Å². The Hall–Kier alpha value is -1.86. The van der Waals surface area contributed by atoms with Crippen LogP contribution in [0.2, 0.25) is 0 Å². The van der Waals surface area contributed by atoms with E-state index in [1.54, 1.807) is 25.2 Å². The maximum Gasteiger partial charge on any atom is 0.191 e. The van der Waals surface area contributed by atoms with Gasteiger partial charge in [0.25, 0.3) is 0 Å². The molecule has 0 aliphatic carbocycles.